The summed E-state index contributed by atoms with van der Waals surface area (Å²) in [4.78, 5) is 10.2. The lowest BCUT2D eigenvalue weighted by Crippen LogP contribution is -2.00. The van der Waals surface area contributed by atoms with Gasteiger partial charge in [0.15, 0.2) is 5.82 Å². The summed E-state index contributed by atoms with van der Waals surface area (Å²) in [6.07, 6.45) is 0. The van der Waals surface area contributed by atoms with Crippen LogP contribution in [-0.2, 0) is 0 Å². The Hall–Kier alpha value is -6.26. The van der Waals surface area contributed by atoms with E-state index < -0.39 is 0 Å². The minimum Gasteiger partial charge on any atom is -0.456 e. The van der Waals surface area contributed by atoms with Gasteiger partial charge >= 0.3 is 0 Å². The molecule has 0 saturated heterocycles. The highest BCUT2D eigenvalue weighted by atomic mass is 16.5. The maximum absolute atomic E-state index is 6.55. The number of hydrogen-bond donors (Lipinski definition) is 0. The highest BCUT2D eigenvalue weighted by Crippen LogP contribution is 2.51. The third-order valence-corrected chi connectivity index (χ3v) is 8.62. The molecule has 0 bridgehead atoms. The number of aromatic nitrogens is 3. The average molecular weight is 590 g/mol. The average Bonchev–Trinajstić information content (AvgIpc) is 3.40. The monoisotopic (exact) mass is 589 g/mol. The van der Waals surface area contributed by atoms with Gasteiger partial charge in [-0.15, -0.1) is 0 Å². The van der Waals surface area contributed by atoms with Gasteiger partial charge in [0.05, 0.1) is 22.6 Å². The molecule has 0 aliphatic carbocycles. The Labute approximate surface area is 266 Å². The van der Waals surface area contributed by atoms with Crippen molar-refractivity contribution in [3.63, 3.8) is 0 Å². The lowest BCUT2D eigenvalue weighted by Gasteiger charge is -2.15. The Balaban J connectivity index is 1.30. The third-order valence-electron chi connectivity index (χ3n) is 8.62. The molecular weight excluding hydrogens is 562 g/mol. The summed E-state index contributed by atoms with van der Waals surface area (Å²) < 4.78 is 8.91. The number of nitrogens with zero attached hydrogens (tertiary/aromatic N) is 3. The van der Waals surface area contributed by atoms with E-state index >= 15 is 0 Å². The van der Waals surface area contributed by atoms with Gasteiger partial charge in [-0.25, -0.2) is 9.97 Å². The predicted molar refractivity (Wildman–Crippen MR) is 186 cm³/mol. The highest BCUT2D eigenvalue weighted by molar-refractivity contribution is 6.08. The van der Waals surface area contributed by atoms with Gasteiger partial charge in [-0.1, -0.05) is 121 Å². The van der Waals surface area contributed by atoms with Crippen LogP contribution >= 0.6 is 0 Å². The Bertz CT molecular complexity index is 2340. The first-order chi connectivity index (χ1) is 22.8. The van der Waals surface area contributed by atoms with Gasteiger partial charge in [-0.2, -0.15) is 0 Å². The predicted octanol–water partition coefficient (Wildman–Crippen LogP) is 10.9. The van der Waals surface area contributed by atoms with Crippen molar-refractivity contribution in [2.45, 2.75) is 0 Å². The molecule has 0 radical (unpaired) electrons. The van der Waals surface area contributed by atoms with E-state index in [4.69, 9.17) is 14.7 Å². The van der Waals surface area contributed by atoms with Crippen LogP contribution in [0.15, 0.2) is 164 Å². The smallest absolute Gasteiger partial charge is 0.160 e. The van der Waals surface area contributed by atoms with Gasteiger partial charge in [0, 0.05) is 44.5 Å². The first-order valence-corrected chi connectivity index (χ1v) is 15.4. The summed E-state index contributed by atoms with van der Waals surface area (Å²) in [6, 6.07) is 56.5. The normalized spacial score (nSPS) is 11.7. The Morgan fingerprint density at radius 2 is 1.02 bits per heavy atom. The maximum Gasteiger partial charge on any atom is 0.160 e. The lowest BCUT2D eigenvalue weighted by molar-refractivity contribution is 0.487. The van der Waals surface area contributed by atoms with Crippen molar-refractivity contribution >= 4 is 10.9 Å². The molecule has 9 rings (SSSR count). The molecule has 6 aromatic carbocycles. The minimum absolute atomic E-state index is 0.679. The topological polar surface area (TPSA) is 39.9 Å². The van der Waals surface area contributed by atoms with Crippen molar-refractivity contribution in [1.82, 2.24) is 14.5 Å². The second-order valence-corrected chi connectivity index (χ2v) is 11.4. The van der Waals surface area contributed by atoms with Crippen molar-refractivity contribution in [1.29, 1.82) is 0 Å². The number of ether oxygens (including phenoxy) is 1. The lowest BCUT2D eigenvalue weighted by atomic mass is 9.98. The number of benzene rings is 6. The van der Waals surface area contributed by atoms with Crippen molar-refractivity contribution in [3.05, 3.63) is 164 Å². The molecule has 0 saturated carbocycles. The van der Waals surface area contributed by atoms with Crippen LogP contribution in [0.25, 0.3) is 72.9 Å². The fraction of sp³-hybridized carbons (Fsp3) is 0. The molecule has 0 amide bonds. The van der Waals surface area contributed by atoms with Crippen LogP contribution in [0.2, 0.25) is 0 Å². The van der Waals surface area contributed by atoms with Crippen LogP contribution in [0.4, 0.5) is 0 Å². The maximum atomic E-state index is 6.55. The Morgan fingerprint density at radius 3 is 1.74 bits per heavy atom. The van der Waals surface area contributed by atoms with Crippen molar-refractivity contribution in [2.75, 3.05) is 0 Å². The first kappa shape index (κ1) is 26.2. The van der Waals surface area contributed by atoms with E-state index in [9.17, 15) is 0 Å². The van der Waals surface area contributed by atoms with Crippen LogP contribution in [0.3, 0.4) is 0 Å². The molecule has 0 spiro atoms. The van der Waals surface area contributed by atoms with E-state index in [1.54, 1.807) is 0 Å². The molecule has 2 aromatic heterocycles. The summed E-state index contributed by atoms with van der Waals surface area (Å²) in [6.45, 7) is 0. The summed E-state index contributed by atoms with van der Waals surface area (Å²) in [7, 11) is 0. The molecule has 3 heterocycles. The van der Waals surface area contributed by atoms with Crippen LogP contribution in [0, 0.1) is 0 Å². The largest absolute Gasteiger partial charge is 0.456 e. The quantitative estimate of drug-likeness (QED) is 0.205. The molecule has 1 aliphatic heterocycles. The fourth-order valence-corrected chi connectivity index (χ4v) is 6.54. The van der Waals surface area contributed by atoms with E-state index in [1.165, 1.54) is 5.39 Å². The molecule has 0 fully saturated rings. The SMILES string of the molecule is c1ccc(-c2cc(-c3ccccc3)nc(-c3cccc(-n4c5c(c6ccccc64)-c4ccccc4Oc4ccccc4-5)c3)n2)cc1. The molecule has 4 heteroatoms. The van der Waals surface area contributed by atoms with Crippen LogP contribution in [-0.4, -0.2) is 14.5 Å². The minimum atomic E-state index is 0.679. The van der Waals surface area contributed by atoms with Crippen LogP contribution < -0.4 is 4.74 Å². The first-order valence-electron chi connectivity index (χ1n) is 15.4. The number of rotatable bonds is 4. The van der Waals surface area contributed by atoms with Gasteiger partial charge in [-0.3, -0.25) is 0 Å². The molecule has 0 unspecified atom stereocenters. The van der Waals surface area contributed by atoms with Gasteiger partial charge in [-0.05, 0) is 42.5 Å². The van der Waals surface area contributed by atoms with Gasteiger partial charge in [0.2, 0.25) is 0 Å². The summed E-state index contributed by atoms with van der Waals surface area (Å²) in [5.74, 6) is 2.36. The number of para-hydroxylation sites is 3. The van der Waals surface area contributed by atoms with E-state index in [1.807, 2.05) is 54.6 Å². The number of fused-ring (bicyclic) bond motifs is 7. The van der Waals surface area contributed by atoms with E-state index in [2.05, 4.69) is 114 Å². The Morgan fingerprint density at radius 1 is 0.457 bits per heavy atom. The van der Waals surface area contributed by atoms with Crippen LogP contribution in [0.1, 0.15) is 0 Å². The van der Waals surface area contributed by atoms with Crippen molar-refractivity contribution in [3.8, 4) is 73.5 Å². The zero-order valence-electron chi connectivity index (χ0n) is 24.8. The summed E-state index contributed by atoms with van der Waals surface area (Å²) in [5.41, 5.74) is 11.4. The zero-order chi connectivity index (χ0) is 30.5. The fourth-order valence-electron chi connectivity index (χ4n) is 6.54. The van der Waals surface area contributed by atoms with E-state index in [0.29, 0.717) is 5.82 Å². The van der Waals surface area contributed by atoms with Gasteiger partial charge < -0.3 is 9.30 Å². The Kier molecular flexibility index (Phi) is 6.10. The molecule has 1 aliphatic rings. The van der Waals surface area contributed by atoms with E-state index in [0.717, 1.165) is 73.2 Å². The number of hydrogen-bond acceptors (Lipinski definition) is 3. The third kappa shape index (κ3) is 4.31. The second kappa shape index (κ2) is 10.7. The molecule has 0 N–H and O–H groups in total. The van der Waals surface area contributed by atoms with Crippen molar-refractivity contribution < 1.29 is 4.74 Å². The molecule has 46 heavy (non-hydrogen) atoms. The standard InChI is InChI=1S/C42H27N3O/c1-3-14-28(15-4-1)35-27-36(29-16-5-2-6-17-29)44-42(43-35)30-18-13-19-31(26-30)45-37-23-10-7-20-32(37)40-33-21-8-11-24-38(33)46-39-25-12-9-22-34(39)41(40)45/h1-27H. The summed E-state index contributed by atoms with van der Waals surface area (Å²) in [5, 5.41) is 1.17. The zero-order valence-corrected chi connectivity index (χ0v) is 24.8. The summed E-state index contributed by atoms with van der Waals surface area (Å²) >= 11 is 0. The van der Waals surface area contributed by atoms with Gasteiger partial charge in [0.1, 0.15) is 11.5 Å². The molecule has 8 aromatic rings. The molecule has 0 atom stereocenters. The molecule has 216 valence electrons. The van der Waals surface area contributed by atoms with Crippen molar-refractivity contribution in [2.24, 2.45) is 0 Å². The second-order valence-electron chi connectivity index (χ2n) is 11.4. The highest BCUT2D eigenvalue weighted by Gasteiger charge is 2.28. The van der Waals surface area contributed by atoms with Gasteiger partial charge in [0.25, 0.3) is 0 Å². The molecular formula is C42H27N3O. The van der Waals surface area contributed by atoms with Crippen LogP contribution in [0.5, 0.6) is 11.5 Å². The van der Waals surface area contributed by atoms with E-state index in [-0.39, 0.29) is 0 Å². The molecule has 4 nitrogen and oxygen atoms in total.